The van der Waals surface area contributed by atoms with Crippen molar-refractivity contribution in [3.63, 3.8) is 0 Å². The molecule has 4 atom stereocenters. The van der Waals surface area contributed by atoms with Crippen LogP contribution < -0.4 is 0 Å². The summed E-state index contributed by atoms with van der Waals surface area (Å²) in [5, 5.41) is 0. The van der Waals surface area contributed by atoms with Gasteiger partial charge in [0.05, 0.1) is 11.5 Å². The van der Waals surface area contributed by atoms with Crippen molar-refractivity contribution < 1.29 is 23.1 Å². The maximum absolute atomic E-state index is 6.66. The normalized spacial score (nSPS) is 33.7. The molecule has 2 heterocycles. The Morgan fingerprint density at radius 1 is 0.826 bits per heavy atom. The van der Waals surface area contributed by atoms with E-state index in [-0.39, 0.29) is 24.0 Å². The van der Waals surface area contributed by atoms with Crippen LogP contribution >= 0.6 is 0 Å². The van der Waals surface area contributed by atoms with Crippen LogP contribution in [-0.2, 0) is 23.1 Å². The molecule has 2 saturated heterocycles. The Balaban J connectivity index is 1.90. The third kappa shape index (κ3) is 5.10. The van der Waals surface area contributed by atoms with Crippen LogP contribution in [-0.4, -0.2) is 53.9 Å². The van der Waals surface area contributed by atoms with Crippen LogP contribution in [0.3, 0.4) is 0 Å². The summed E-state index contributed by atoms with van der Waals surface area (Å²) in [6.07, 6.45) is 3.81. The van der Waals surface area contributed by atoms with E-state index in [1.807, 2.05) is 0 Å². The highest BCUT2D eigenvalue weighted by Gasteiger charge is 2.58. The lowest BCUT2D eigenvalue weighted by Gasteiger charge is -2.53. The molecule has 0 radical (unpaired) electrons. The predicted octanol–water partition coefficient (Wildman–Crippen LogP) is 3.57. The molecule has 0 amide bonds. The lowest BCUT2D eigenvalue weighted by atomic mass is 10.3. The largest absolute Gasteiger partial charge is 0.453 e. The fourth-order valence-electron chi connectivity index (χ4n) is 3.14. The van der Waals surface area contributed by atoms with Gasteiger partial charge in [0.15, 0.2) is 20.9 Å². The second-order valence-electron chi connectivity index (χ2n) is 7.72. The van der Waals surface area contributed by atoms with E-state index >= 15 is 0 Å². The van der Waals surface area contributed by atoms with Crippen LogP contribution in [0.2, 0.25) is 26.2 Å². The molecule has 4 unspecified atom stereocenters. The summed E-state index contributed by atoms with van der Waals surface area (Å²) in [7, 11) is -3.78. The number of ether oxygens (including phenoxy) is 4. The predicted molar refractivity (Wildman–Crippen MR) is 95.1 cm³/mol. The van der Waals surface area contributed by atoms with Crippen LogP contribution in [0, 0.1) is 0 Å². The lowest BCUT2D eigenvalue weighted by Crippen LogP contribution is -2.71. The molecule has 23 heavy (non-hydrogen) atoms. The van der Waals surface area contributed by atoms with E-state index in [0.717, 1.165) is 38.9 Å². The smallest absolute Gasteiger partial charge is 0.235 e. The van der Waals surface area contributed by atoms with Gasteiger partial charge >= 0.3 is 0 Å². The second kappa shape index (κ2) is 8.08. The molecule has 0 aliphatic carbocycles. The van der Waals surface area contributed by atoms with Crippen molar-refractivity contribution in [2.45, 2.75) is 89.8 Å². The molecule has 0 spiro atoms. The molecular weight excluding hydrogens is 328 g/mol. The van der Waals surface area contributed by atoms with Gasteiger partial charge in [-0.2, -0.15) is 0 Å². The fourth-order valence-corrected chi connectivity index (χ4v) is 12.1. The van der Waals surface area contributed by atoms with E-state index in [1.54, 1.807) is 0 Å². The Hall–Kier alpha value is 0.234. The average Bonchev–Trinajstić information content (AvgIpc) is 2.32. The van der Waals surface area contributed by atoms with Gasteiger partial charge in [0.1, 0.15) is 0 Å². The SMILES string of the molecule is CCCOC1CC([Si](C)(O[Si](C)(C)C)C2CC(OCCC)O2)O1. The molecule has 2 fully saturated rings. The van der Waals surface area contributed by atoms with Crippen molar-refractivity contribution >= 4 is 16.6 Å². The molecule has 0 N–H and O–H groups in total. The van der Waals surface area contributed by atoms with E-state index in [4.69, 9.17) is 23.1 Å². The molecule has 2 aliphatic heterocycles. The van der Waals surface area contributed by atoms with Gasteiger partial charge in [-0.15, -0.1) is 0 Å². The summed E-state index contributed by atoms with van der Waals surface area (Å²) in [5.74, 6) is 0. The Kier molecular flexibility index (Phi) is 6.87. The fraction of sp³-hybridized carbons (Fsp3) is 1.00. The summed E-state index contributed by atoms with van der Waals surface area (Å²) in [5.41, 5.74) is 0.349. The van der Waals surface area contributed by atoms with Gasteiger partial charge in [0, 0.05) is 26.1 Å². The number of hydrogen-bond donors (Lipinski definition) is 0. The highest BCUT2D eigenvalue weighted by molar-refractivity contribution is 6.86. The Morgan fingerprint density at radius 3 is 1.52 bits per heavy atom. The van der Waals surface area contributed by atoms with Gasteiger partial charge in [-0.3, -0.25) is 0 Å². The van der Waals surface area contributed by atoms with Gasteiger partial charge in [-0.1, -0.05) is 13.8 Å². The van der Waals surface area contributed by atoms with E-state index in [9.17, 15) is 0 Å². The highest BCUT2D eigenvalue weighted by Crippen LogP contribution is 2.40. The average molecular weight is 363 g/mol. The first-order valence-electron chi connectivity index (χ1n) is 9.02. The van der Waals surface area contributed by atoms with Gasteiger partial charge in [-0.25, -0.2) is 0 Å². The van der Waals surface area contributed by atoms with Crippen molar-refractivity contribution in [3.05, 3.63) is 0 Å². The van der Waals surface area contributed by atoms with Crippen molar-refractivity contribution in [1.82, 2.24) is 0 Å². The number of hydrogen-bond acceptors (Lipinski definition) is 5. The Labute approximate surface area is 143 Å². The monoisotopic (exact) mass is 362 g/mol. The second-order valence-corrected chi connectivity index (χ2v) is 16.4. The van der Waals surface area contributed by atoms with Crippen LogP contribution in [0.15, 0.2) is 0 Å². The minimum absolute atomic E-state index is 0.0516. The molecular formula is C16H34O5Si2. The van der Waals surface area contributed by atoms with Crippen LogP contribution in [0.1, 0.15) is 39.5 Å². The first-order chi connectivity index (χ1) is 10.8. The van der Waals surface area contributed by atoms with Crippen LogP contribution in [0.25, 0.3) is 0 Å². The third-order valence-corrected chi connectivity index (χ3v) is 11.8. The summed E-state index contributed by atoms with van der Waals surface area (Å²) in [6.45, 7) is 14.7. The van der Waals surface area contributed by atoms with E-state index in [0.29, 0.717) is 0 Å². The molecule has 0 saturated carbocycles. The van der Waals surface area contributed by atoms with Gasteiger partial charge in [0.25, 0.3) is 0 Å². The summed E-state index contributed by atoms with van der Waals surface area (Å²) in [6, 6.07) is 0. The summed E-state index contributed by atoms with van der Waals surface area (Å²) >= 11 is 0. The first-order valence-corrected chi connectivity index (χ1v) is 15.0. The lowest BCUT2D eigenvalue weighted by molar-refractivity contribution is -0.256. The molecule has 0 aromatic rings. The summed E-state index contributed by atoms with van der Waals surface area (Å²) < 4.78 is 30.1. The van der Waals surface area contributed by atoms with Crippen molar-refractivity contribution in [2.75, 3.05) is 13.2 Å². The zero-order valence-corrected chi connectivity index (χ0v) is 17.6. The zero-order chi connectivity index (χ0) is 17.1. The van der Waals surface area contributed by atoms with E-state index in [1.165, 1.54) is 0 Å². The van der Waals surface area contributed by atoms with Crippen molar-refractivity contribution in [2.24, 2.45) is 0 Å². The molecule has 2 aliphatic rings. The third-order valence-electron chi connectivity index (χ3n) is 4.27. The van der Waals surface area contributed by atoms with Gasteiger partial charge in [-0.05, 0) is 39.0 Å². The Bertz CT molecular complexity index is 338. The minimum atomic E-state index is -2.12. The van der Waals surface area contributed by atoms with Gasteiger partial charge < -0.3 is 23.1 Å². The molecule has 0 aromatic carbocycles. The highest BCUT2D eigenvalue weighted by atomic mass is 28.4. The van der Waals surface area contributed by atoms with Gasteiger partial charge in [0.2, 0.25) is 8.32 Å². The quantitative estimate of drug-likeness (QED) is 0.556. The molecule has 136 valence electrons. The molecule has 0 aromatic heterocycles. The molecule has 5 nitrogen and oxygen atoms in total. The van der Waals surface area contributed by atoms with Crippen molar-refractivity contribution in [3.8, 4) is 0 Å². The zero-order valence-electron chi connectivity index (χ0n) is 15.6. The number of rotatable bonds is 10. The minimum Gasteiger partial charge on any atom is -0.453 e. The van der Waals surface area contributed by atoms with Crippen molar-refractivity contribution in [1.29, 1.82) is 0 Å². The van der Waals surface area contributed by atoms with Crippen LogP contribution in [0.5, 0.6) is 0 Å². The van der Waals surface area contributed by atoms with E-state index < -0.39 is 16.6 Å². The van der Waals surface area contributed by atoms with E-state index in [2.05, 4.69) is 40.0 Å². The van der Waals surface area contributed by atoms with Crippen LogP contribution in [0.4, 0.5) is 0 Å². The summed E-state index contributed by atoms with van der Waals surface area (Å²) in [4.78, 5) is 0. The molecule has 0 bridgehead atoms. The molecule has 2 rings (SSSR count). The Morgan fingerprint density at radius 2 is 1.22 bits per heavy atom. The maximum atomic E-state index is 6.66. The first kappa shape index (κ1) is 19.6. The standard InChI is InChI=1S/C16H34O5Si2/c1-7-9-17-13-11-15(19-13)23(6,21-22(3,4)5)16-12-14(20-16)18-10-8-2/h13-16H,7-12H2,1-6H3. The maximum Gasteiger partial charge on any atom is 0.235 e. The topological polar surface area (TPSA) is 46.2 Å². The molecule has 7 heteroatoms.